The fourth-order valence-electron chi connectivity index (χ4n) is 3.17. The molecule has 0 radical (unpaired) electrons. The molecule has 2 aromatic carbocycles. The van der Waals surface area contributed by atoms with Crippen molar-refractivity contribution >= 4 is 35.0 Å². The summed E-state index contributed by atoms with van der Waals surface area (Å²) < 4.78 is 10.9. The number of ether oxygens (including phenoxy) is 1. The van der Waals surface area contributed by atoms with Crippen molar-refractivity contribution in [3.05, 3.63) is 64.8 Å². The highest BCUT2D eigenvalue weighted by Crippen LogP contribution is 2.33. The van der Waals surface area contributed by atoms with Crippen molar-refractivity contribution in [2.24, 2.45) is 5.92 Å². The van der Waals surface area contributed by atoms with Gasteiger partial charge in [0.25, 0.3) is 0 Å². The van der Waals surface area contributed by atoms with Gasteiger partial charge in [0.1, 0.15) is 17.5 Å². The van der Waals surface area contributed by atoms with E-state index in [1.165, 1.54) is 0 Å². The first-order valence-electron chi connectivity index (χ1n) is 10.0. The minimum atomic E-state index is -0.645. The molecule has 0 aliphatic heterocycles. The van der Waals surface area contributed by atoms with E-state index in [1.807, 2.05) is 12.1 Å². The fraction of sp³-hybridized carbons (Fsp3) is 0.261. The van der Waals surface area contributed by atoms with E-state index in [-0.39, 0.29) is 11.8 Å². The summed E-state index contributed by atoms with van der Waals surface area (Å²) in [6.07, 6.45) is 0.711. The number of nitrogens with zero attached hydrogens (tertiary/aromatic N) is 1. The maximum atomic E-state index is 12.5. The summed E-state index contributed by atoms with van der Waals surface area (Å²) in [4.78, 5) is 24.4. The Kier molecular flexibility index (Phi) is 5.95. The summed E-state index contributed by atoms with van der Waals surface area (Å²) in [5.41, 5.74) is 3.07. The highest BCUT2D eigenvalue weighted by molar-refractivity contribution is 6.31. The van der Waals surface area contributed by atoms with Crippen molar-refractivity contribution in [3.63, 3.8) is 0 Å². The number of benzene rings is 2. The Hall–Kier alpha value is -3.32. The summed E-state index contributed by atoms with van der Waals surface area (Å²) in [5.74, 6) is 0.576. The van der Waals surface area contributed by atoms with E-state index >= 15 is 0 Å². The zero-order valence-corrected chi connectivity index (χ0v) is 17.9. The molecule has 31 heavy (non-hydrogen) atoms. The molecule has 1 fully saturated rings. The molecule has 1 atom stereocenters. The number of carbonyl (C=O) groups excluding carboxylic acids is 2. The number of hydrogen-bond acceptors (Lipinski definition) is 5. The molecule has 160 valence electrons. The van der Waals surface area contributed by atoms with Gasteiger partial charge in [-0.25, -0.2) is 4.79 Å². The maximum Gasteiger partial charge on any atom is 0.412 e. The molecule has 1 unspecified atom stereocenters. The van der Waals surface area contributed by atoms with Crippen LogP contribution < -0.4 is 10.6 Å². The lowest BCUT2D eigenvalue weighted by Gasteiger charge is -2.15. The van der Waals surface area contributed by atoms with Crippen LogP contribution in [-0.2, 0) is 9.53 Å². The fourth-order valence-corrected chi connectivity index (χ4v) is 3.46. The second-order valence-electron chi connectivity index (χ2n) is 7.51. The van der Waals surface area contributed by atoms with Crippen LogP contribution in [0, 0.1) is 12.8 Å². The predicted octanol–water partition coefficient (Wildman–Crippen LogP) is 5.96. The van der Waals surface area contributed by atoms with Crippen LogP contribution in [0.15, 0.2) is 53.1 Å². The average Bonchev–Trinajstić information content (AvgIpc) is 3.54. The number of carbonyl (C=O) groups is 2. The van der Waals surface area contributed by atoms with Crippen LogP contribution >= 0.6 is 11.6 Å². The number of rotatable bonds is 6. The minimum absolute atomic E-state index is 0.0426. The number of halogens is 1. The van der Waals surface area contributed by atoms with E-state index in [2.05, 4.69) is 15.8 Å². The Morgan fingerprint density at radius 3 is 2.52 bits per heavy atom. The largest absolute Gasteiger partial charge is 0.441 e. The molecule has 0 bridgehead atoms. The molecule has 1 aliphatic carbocycles. The van der Waals surface area contributed by atoms with Gasteiger partial charge in [-0.3, -0.25) is 10.1 Å². The smallest absolute Gasteiger partial charge is 0.412 e. The van der Waals surface area contributed by atoms with Crippen LogP contribution in [0.4, 0.5) is 16.2 Å². The van der Waals surface area contributed by atoms with E-state index in [9.17, 15) is 9.59 Å². The quantitative estimate of drug-likeness (QED) is 0.494. The molecule has 0 spiro atoms. The van der Waals surface area contributed by atoms with Gasteiger partial charge in [-0.2, -0.15) is 0 Å². The Labute approximate surface area is 184 Å². The third-order valence-electron chi connectivity index (χ3n) is 5.08. The highest BCUT2D eigenvalue weighted by Gasteiger charge is 2.29. The molecule has 2 N–H and O–H groups in total. The van der Waals surface area contributed by atoms with Gasteiger partial charge in [-0.1, -0.05) is 35.0 Å². The van der Waals surface area contributed by atoms with Gasteiger partial charge in [0, 0.05) is 27.8 Å². The lowest BCUT2D eigenvalue weighted by atomic mass is 10.1. The van der Waals surface area contributed by atoms with E-state index in [0.717, 1.165) is 12.8 Å². The molecule has 8 heteroatoms. The van der Waals surface area contributed by atoms with Crippen LogP contribution in [0.1, 0.15) is 37.1 Å². The minimum Gasteiger partial charge on any atom is -0.441 e. The number of aryl methyl sites for hydroxylation is 1. The molecule has 2 amide bonds. The molecule has 4 rings (SSSR count). The number of nitrogens with one attached hydrogen (secondary N) is 2. The van der Waals surface area contributed by atoms with Gasteiger partial charge in [0.15, 0.2) is 5.76 Å². The lowest BCUT2D eigenvalue weighted by molar-refractivity contribution is -0.117. The molecule has 1 heterocycles. The maximum absolute atomic E-state index is 12.5. The monoisotopic (exact) mass is 439 g/mol. The second kappa shape index (κ2) is 8.81. The van der Waals surface area contributed by atoms with Gasteiger partial charge >= 0.3 is 6.09 Å². The lowest BCUT2D eigenvalue weighted by Crippen LogP contribution is -2.17. The molecule has 1 saturated carbocycles. The van der Waals surface area contributed by atoms with E-state index in [4.69, 9.17) is 20.9 Å². The Bertz CT molecular complexity index is 1110. The Morgan fingerprint density at radius 1 is 1.13 bits per heavy atom. The molecular weight excluding hydrogens is 418 g/mol. The van der Waals surface area contributed by atoms with E-state index in [1.54, 1.807) is 50.2 Å². The molecule has 1 aliphatic rings. The topological polar surface area (TPSA) is 93.5 Å². The predicted molar refractivity (Wildman–Crippen MR) is 118 cm³/mol. The summed E-state index contributed by atoms with van der Waals surface area (Å²) in [5, 5.41) is 10.1. The van der Waals surface area contributed by atoms with Crippen LogP contribution in [0.3, 0.4) is 0 Å². The van der Waals surface area contributed by atoms with Crippen LogP contribution in [-0.4, -0.2) is 17.2 Å². The summed E-state index contributed by atoms with van der Waals surface area (Å²) >= 11 is 6.18. The Morgan fingerprint density at radius 2 is 1.84 bits per heavy atom. The Balaban J connectivity index is 1.45. The number of amides is 2. The molecule has 3 aromatic rings. The zero-order chi connectivity index (χ0) is 22.0. The van der Waals surface area contributed by atoms with Crippen molar-refractivity contribution in [1.29, 1.82) is 0 Å². The van der Waals surface area contributed by atoms with Gasteiger partial charge in [-0.05, 0) is 57.0 Å². The average molecular weight is 440 g/mol. The molecule has 0 saturated heterocycles. The first-order valence-corrected chi connectivity index (χ1v) is 10.4. The van der Waals surface area contributed by atoms with Crippen LogP contribution in [0.25, 0.3) is 11.3 Å². The second-order valence-corrected chi connectivity index (χ2v) is 7.91. The summed E-state index contributed by atoms with van der Waals surface area (Å²) in [6.45, 7) is 3.47. The first kappa shape index (κ1) is 20.9. The van der Waals surface area contributed by atoms with Crippen molar-refractivity contribution in [3.8, 4) is 11.3 Å². The van der Waals surface area contributed by atoms with Crippen molar-refractivity contribution in [1.82, 2.24) is 5.16 Å². The van der Waals surface area contributed by atoms with E-state index < -0.39 is 12.2 Å². The SMILES string of the molecule is Cc1noc(-c2ccc(NC(=O)C3CC3)cc2)c1NC(=O)OC(C)c1ccccc1Cl. The van der Waals surface area contributed by atoms with Crippen molar-refractivity contribution < 1.29 is 18.8 Å². The van der Waals surface area contributed by atoms with Crippen molar-refractivity contribution in [2.75, 3.05) is 10.6 Å². The summed E-state index contributed by atoms with van der Waals surface area (Å²) in [7, 11) is 0. The number of anilines is 2. The molecule has 1 aromatic heterocycles. The van der Waals surface area contributed by atoms with Crippen molar-refractivity contribution in [2.45, 2.75) is 32.8 Å². The number of aromatic nitrogens is 1. The van der Waals surface area contributed by atoms with Gasteiger partial charge in [0.05, 0.1) is 0 Å². The third-order valence-corrected chi connectivity index (χ3v) is 5.42. The summed E-state index contributed by atoms with van der Waals surface area (Å²) in [6, 6.07) is 14.4. The van der Waals surface area contributed by atoms with Gasteiger partial charge < -0.3 is 14.6 Å². The van der Waals surface area contributed by atoms with Crippen LogP contribution in [0.2, 0.25) is 5.02 Å². The van der Waals surface area contributed by atoms with E-state index in [0.29, 0.717) is 39.0 Å². The van der Waals surface area contributed by atoms with Gasteiger partial charge in [0.2, 0.25) is 5.91 Å². The van der Waals surface area contributed by atoms with Gasteiger partial charge in [-0.15, -0.1) is 0 Å². The standard InChI is InChI=1S/C23H22ClN3O4/c1-13-20(26-23(29)30-14(2)18-5-3-4-6-19(18)24)21(31-27-13)15-9-11-17(12-10-15)25-22(28)16-7-8-16/h3-6,9-12,14,16H,7-8H2,1-2H3,(H,25,28)(H,26,29). The first-order chi connectivity index (χ1) is 14.9. The zero-order valence-electron chi connectivity index (χ0n) is 17.1. The third kappa shape index (κ3) is 4.88. The van der Waals surface area contributed by atoms with Crippen LogP contribution in [0.5, 0.6) is 0 Å². The molecular formula is C23H22ClN3O4. The highest BCUT2D eigenvalue weighted by atomic mass is 35.5. The normalized spacial score (nSPS) is 14.0. The number of hydrogen-bond donors (Lipinski definition) is 2. The molecule has 7 nitrogen and oxygen atoms in total.